The normalized spacial score (nSPS) is 17.0. The number of sulfonamides is 1. The van der Waals surface area contributed by atoms with Crippen LogP contribution >= 0.6 is 34.8 Å². The van der Waals surface area contributed by atoms with E-state index in [0.717, 1.165) is 5.56 Å². The maximum absolute atomic E-state index is 12.8. The average molecular weight is 450 g/mol. The second-order valence-corrected chi connectivity index (χ2v) is 9.01. The summed E-state index contributed by atoms with van der Waals surface area (Å²) in [7, 11) is -3.89. The molecule has 0 radical (unpaired) electrons. The van der Waals surface area contributed by atoms with E-state index in [-0.39, 0.29) is 27.5 Å². The number of ether oxygens (including phenoxy) is 1. The molecule has 1 heterocycles. The Kier molecular flexibility index (Phi) is 7.03. The standard InChI is InChI=1S/C18H19Cl3N2O3S/c19-14-5-2-1-4-13(14)17(23-8-10-26-11-9-23)12-22-27(24,25)18-15(20)6-3-7-16(18)21/h1-7,17,22H,8-12H2. The van der Waals surface area contributed by atoms with E-state index in [2.05, 4.69) is 9.62 Å². The van der Waals surface area contributed by atoms with E-state index in [1.54, 1.807) is 12.1 Å². The molecule has 0 saturated carbocycles. The minimum Gasteiger partial charge on any atom is -0.379 e. The van der Waals surface area contributed by atoms with Gasteiger partial charge in [-0.3, -0.25) is 4.90 Å². The predicted octanol–water partition coefficient (Wildman–Crippen LogP) is 4.00. The minimum atomic E-state index is -3.89. The number of rotatable bonds is 6. The molecule has 0 spiro atoms. The molecule has 1 atom stereocenters. The third-order valence-corrected chi connectivity index (χ3v) is 7.13. The van der Waals surface area contributed by atoms with Gasteiger partial charge in [0.15, 0.2) is 0 Å². The van der Waals surface area contributed by atoms with Gasteiger partial charge in [-0.25, -0.2) is 13.1 Å². The molecule has 1 unspecified atom stereocenters. The van der Waals surface area contributed by atoms with Gasteiger partial charge in [0.1, 0.15) is 4.90 Å². The van der Waals surface area contributed by atoms with Crippen molar-refractivity contribution in [1.29, 1.82) is 0 Å². The third kappa shape index (κ3) is 4.95. The van der Waals surface area contributed by atoms with Crippen molar-refractivity contribution < 1.29 is 13.2 Å². The average Bonchev–Trinajstić information content (AvgIpc) is 2.64. The van der Waals surface area contributed by atoms with E-state index in [1.165, 1.54) is 12.1 Å². The maximum atomic E-state index is 12.8. The van der Waals surface area contributed by atoms with Crippen molar-refractivity contribution >= 4 is 44.8 Å². The van der Waals surface area contributed by atoms with Crippen LogP contribution in [0.4, 0.5) is 0 Å². The van der Waals surface area contributed by atoms with Gasteiger partial charge in [-0.2, -0.15) is 0 Å². The first-order valence-electron chi connectivity index (χ1n) is 8.40. The summed E-state index contributed by atoms with van der Waals surface area (Å²) < 4.78 is 33.7. The highest BCUT2D eigenvalue weighted by Gasteiger charge is 2.28. The highest BCUT2D eigenvalue weighted by molar-refractivity contribution is 7.89. The lowest BCUT2D eigenvalue weighted by Gasteiger charge is -2.35. The first-order valence-corrected chi connectivity index (χ1v) is 11.0. The number of hydrogen-bond acceptors (Lipinski definition) is 4. The second kappa shape index (κ2) is 9.09. The zero-order valence-electron chi connectivity index (χ0n) is 14.4. The number of nitrogens with one attached hydrogen (secondary N) is 1. The Morgan fingerprint density at radius 1 is 0.963 bits per heavy atom. The lowest BCUT2D eigenvalue weighted by atomic mass is 10.0. The van der Waals surface area contributed by atoms with Crippen LogP contribution in [0.5, 0.6) is 0 Å². The van der Waals surface area contributed by atoms with Crippen LogP contribution in [-0.2, 0) is 14.8 Å². The van der Waals surface area contributed by atoms with Gasteiger partial charge in [0.2, 0.25) is 10.0 Å². The number of benzene rings is 2. The summed E-state index contributed by atoms with van der Waals surface area (Å²) in [5.41, 5.74) is 0.856. The zero-order valence-corrected chi connectivity index (χ0v) is 17.5. The van der Waals surface area contributed by atoms with E-state index >= 15 is 0 Å². The van der Waals surface area contributed by atoms with E-state index in [0.29, 0.717) is 31.3 Å². The van der Waals surface area contributed by atoms with Gasteiger partial charge in [-0.05, 0) is 23.8 Å². The minimum absolute atomic E-state index is 0.0793. The fourth-order valence-electron chi connectivity index (χ4n) is 3.07. The fraction of sp³-hybridized carbons (Fsp3) is 0.333. The molecular weight excluding hydrogens is 431 g/mol. The lowest BCUT2D eigenvalue weighted by Crippen LogP contribution is -2.44. The van der Waals surface area contributed by atoms with E-state index in [4.69, 9.17) is 39.5 Å². The molecule has 1 N–H and O–H groups in total. The Labute approximate surface area is 174 Å². The fourth-order valence-corrected chi connectivity index (χ4v) is 5.51. The van der Waals surface area contributed by atoms with Gasteiger partial charge in [-0.1, -0.05) is 59.1 Å². The van der Waals surface area contributed by atoms with Crippen molar-refractivity contribution in [2.45, 2.75) is 10.9 Å². The van der Waals surface area contributed by atoms with Crippen molar-refractivity contribution in [3.05, 3.63) is 63.1 Å². The molecule has 0 aromatic heterocycles. The molecule has 5 nitrogen and oxygen atoms in total. The van der Waals surface area contributed by atoms with Crippen LogP contribution in [0, 0.1) is 0 Å². The van der Waals surface area contributed by atoms with Crippen LogP contribution in [-0.4, -0.2) is 46.2 Å². The Morgan fingerprint density at radius 3 is 2.19 bits per heavy atom. The second-order valence-electron chi connectivity index (χ2n) is 6.09. The van der Waals surface area contributed by atoms with Crippen molar-refractivity contribution in [2.75, 3.05) is 32.8 Å². The Hall–Kier alpha value is -0.860. The third-order valence-electron chi connectivity index (χ3n) is 4.41. The molecule has 27 heavy (non-hydrogen) atoms. The molecule has 3 rings (SSSR count). The highest BCUT2D eigenvalue weighted by Crippen LogP contribution is 2.31. The van der Waals surface area contributed by atoms with Crippen LogP contribution in [0.25, 0.3) is 0 Å². The molecule has 0 aliphatic carbocycles. The highest BCUT2D eigenvalue weighted by atomic mass is 35.5. The molecule has 1 aliphatic heterocycles. The Balaban J connectivity index is 1.87. The molecule has 1 saturated heterocycles. The molecule has 146 valence electrons. The number of morpholine rings is 1. The summed E-state index contributed by atoms with van der Waals surface area (Å²) in [5, 5.41) is 0.746. The summed E-state index contributed by atoms with van der Waals surface area (Å²) in [5.74, 6) is 0. The number of halogens is 3. The van der Waals surface area contributed by atoms with Gasteiger partial charge in [-0.15, -0.1) is 0 Å². The van der Waals surface area contributed by atoms with E-state index in [9.17, 15) is 8.42 Å². The Morgan fingerprint density at radius 2 is 1.56 bits per heavy atom. The summed E-state index contributed by atoms with van der Waals surface area (Å²) in [6.07, 6.45) is 0. The monoisotopic (exact) mass is 448 g/mol. The molecule has 2 aromatic rings. The summed E-state index contributed by atoms with van der Waals surface area (Å²) >= 11 is 18.5. The molecule has 9 heteroatoms. The van der Waals surface area contributed by atoms with Crippen LogP contribution in [0.15, 0.2) is 47.4 Å². The molecule has 2 aromatic carbocycles. The Bertz CT molecular complexity index is 882. The van der Waals surface area contributed by atoms with Gasteiger partial charge in [0, 0.05) is 30.7 Å². The number of hydrogen-bond donors (Lipinski definition) is 1. The first kappa shape index (κ1) is 20.9. The summed E-state index contributed by atoms with van der Waals surface area (Å²) in [4.78, 5) is 2.04. The van der Waals surface area contributed by atoms with Gasteiger partial charge >= 0.3 is 0 Å². The van der Waals surface area contributed by atoms with Gasteiger partial charge < -0.3 is 4.74 Å². The van der Waals surface area contributed by atoms with Crippen LogP contribution in [0.3, 0.4) is 0 Å². The predicted molar refractivity (Wildman–Crippen MR) is 108 cm³/mol. The van der Waals surface area contributed by atoms with Gasteiger partial charge in [0.05, 0.1) is 23.3 Å². The quantitative estimate of drug-likeness (QED) is 0.724. The van der Waals surface area contributed by atoms with Crippen LogP contribution in [0.1, 0.15) is 11.6 Å². The number of nitrogens with zero attached hydrogens (tertiary/aromatic N) is 1. The molecule has 0 amide bonds. The summed E-state index contributed by atoms with van der Waals surface area (Å²) in [6, 6.07) is 11.8. The van der Waals surface area contributed by atoms with Gasteiger partial charge in [0.25, 0.3) is 0 Å². The van der Waals surface area contributed by atoms with Crippen molar-refractivity contribution in [3.8, 4) is 0 Å². The topological polar surface area (TPSA) is 58.6 Å². The smallest absolute Gasteiger partial charge is 0.243 e. The van der Waals surface area contributed by atoms with Crippen molar-refractivity contribution in [1.82, 2.24) is 9.62 Å². The van der Waals surface area contributed by atoms with Crippen LogP contribution in [0.2, 0.25) is 15.1 Å². The first-order chi connectivity index (χ1) is 12.9. The molecule has 1 fully saturated rings. The maximum Gasteiger partial charge on any atom is 0.243 e. The largest absolute Gasteiger partial charge is 0.379 e. The van der Waals surface area contributed by atoms with Crippen molar-refractivity contribution in [2.24, 2.45) is 0 Å². The molecule has 1 aliphatic rings. The molecule has 0 bridgehead atoms. The zero-order chi connectivity index (χ0) is 19.4. The summed E-state index contributed by atoms with van der Waals surface area (Å²) in [6.45, 7) is 2.68. The molecular formula is C18H19Cl3N2O3S. The van der Waals surface area contributed by atoms with Crippen molar-refractivity contribution in [3.63, 3.8) is 0 Å². The van der Waals surface area contributed by atoms with E-state index in [1.807, 2.05) is 18.2 Å². The SMILES string of the molecule is O=S(=O)(NCC(c1ccccc1Cl)N1CCOCC1)c1c(Cl)cccc1Cl. The van der Waals surface area contributed by atoms with Crippen LogP contribution < -0.4 is 4.72 Å². The lowest BCUT2D eigenvalue weighted by molar-refractivity contribution is 0.0172. The van der Waals surface area contributed by atoms with E-state index < -0.39 is 10.0 Å².